The third-order valence-electron chi connectivity index (χ3n) is 2.60. The largest absolute Gasteiger partial charge is 0.375 e. The van der Waals surface area contributed by atoms with Gasteiger partial charge in [-0.2, -0.15) is 0 Å². The van der Waals surface area contributed by atoms with Gasteiger partial charge in [-0.05, 0) is 12.1 Å². The molecule has 1 aromatic rings. The van der Waals surface area contributed by atoms with E-state index in [0.717, 1.165) is 12.1 Å². The van der Waals surface area contributed by atoms with Gasteiger partial charge in [0.25, 0.3) is 0 Å². The van der Waals surface area contributed by atoms with Crippen molar-refractivity contribution in [2.24, 2.45) is 0 Å². The number of halogens is 2. The lowest BCUT2D eigenvalue weighted by Crippen LogP contribution is -2.36. The van der Waals surface area contributed by atoms with Crippen LogP contribution in [0.15, 0.2) is 18.2 Å². The van der Waals surface area contributed by atoms with Gasteiger partial charge in [0.05, 0.1) is 6.54 Å². The highest BCUT2D eigenvalue weighted by Crippen LogP contribution is 2.12. The van der Waals surface area contributed by atoms with Crippen LogP contribution in [0.3, 0.4) is 0 Å². The number of methoxy groups -OCH3 is 1. The molecule has 0 aliphatic rings. The monoisotopic (exact) mass is 329 g/mol. The Labute approximate surface area is 131 Å². The van der Waals surface area contributed by atoms with Gasteiger partial charge >= 0.3 is 0 Å². The highest BCUT2D eigenvalue weighted by molar-refractivity contribution is 5.94. The average molecular weight is 329 g/mol. The summed E-state index contributed by atoms with van der Waals surface area (Å²) in [6.07, 6.45) is -0.00604. The van der Waals surface area contributed by atoms with Crippen molar-refractivity contribution in [3.05, 3.63) is 29.8 Å². The topological polar surface area (TPSA) is 96.5 Å². The van der Waals surface area contributed by atoms with Crippen LogP contribution in [0.2, 0.25) is 0 Å². The van der Waals surface area contributed by atoms with E-state index in [1.165, 1.54) is 13.2 Å². The molecule has 3 N–H and O–H groups in total. The van der Waals surface area contributed by atoms with Crippen molar-refractivity contribution in [1.82, 2.24) is 10.6 Å². The van der Waals surface area contributed by atoms with Crippen LogP contribution < -0.4 is 16.0 Å². The summed E-state index contributed by atoms with van der Waals surface area (Å²) in [6.45, 7) is -0.319. The van der Waals surface area contributed by atoms with Crippen molar-refractivity contribution < 1.29 is 27.9 Å². The Kier molecular flexibility index (Phi) is 7.61. The van der Waals surface area contributed by atoms with Gasteiger partial charge < -0.3 is 20.7 Å². The molecule has 7 nitrogen and oxygen atoms in total. The van der Waals surface area contributed by atoms with Gasteiger partial charge in [0.2, 0.25) is 17.7 Å². The van der Waals surface area contributed by atoms with Crippen LogP contribution in [0.4, 0.5) is 14.5 Å². The minimum atomic E-state index is -1.08. The van der Waals surface area contributed by atoms with Crippen LogP contribution in [0, 0.1) is 11.6 Å². The molecule has 0 radical (unpaired) electrons. The molecule has 0 bridgehead atoms. The first-order valence-electron chi connectivity index (χ1n) is 6.69. The van der Waals surface area contributed by atoms with Gasteiger partial charge in [-0.15, -0.1) is 0 Å². The predicted molar refractivity (Wildman–Crippen MR) is 77.5 cm³/mol. The quantitative estimate of drug-likeness (QED) is 0.633. The summed E-state index contributed by atoms with van der Waals surface area (Å²) in [5.74, 6) is -3.49. The Bertz CT molecular complexity index is 581. The van der Waals surface area contributed by atoms with Gasteiger partial charge in [0.15, 0.2) is 11.6 Å². The summed E-state index contributed by atoms with van der Waals surface area (Å²) in [4.78, 5) is 34.1. The van der Waals surface area contributed by atoms with E-state index in [1.807, 2.05) is 0 Å². The predicted octanol–water partition coefficient (Wildman–Crippen LogP) is 0.172. The van der Waals surface area contributed by atoms with Gasteiger partial charge in [0.1, 0.15) is 6.61 Å². The minimum Gasteiger partial charge on any atom is -0.375 e. The fourth-order valence-corrected chi connectivity index (χ4v) is 1.54. The summed E-state index contributed by atoms with van der Waals surface area (Å²) in [5, 5.41) is 7.09. The Morgan fingerprint density at radius 2 is 1.78 bits per heavy atom. The first kappa shape index (κ1) is 18.5. The van der Waals surface area contributed by atoms with E-state index in [2.05, 4.69) is 20.7 Å². The van der Waals surface area contributed by atoms with Gasteiger partial charge in [-0.1, -0.05) is 0 Å². The molecule has 0 aromatic heterocycles. The average Bonchev–Trinajstić information content (AvgIpc) is 2.49. The van der Waals surface area contributed by atoms with Crippen LogP contribution in [0.1, 0.15) is 6.42 Å². The zero-order valence-electron chi connectivity index (χ0n) is 12.4. The van der Waals surface area contributed by atoms with Crippen molar-refractivity contribution in [3.8, 4) is 0 Å². The molecule has 3 amide bonds. The van der Waals surface area contributed by atoms with Crippen molar-refractivity contribution in [3.63, 3.8) is 0 Å². The standard InChI is InChI=1S/C14H17F2N3O4/c1-23-8-14(22)17-5-4-12(20)18-7-13(21)19-9-2-3-10(15)11(16)6-9/h2-3,6H,4-5,7-8H2,1H3,(H,17,22)(H,18,20)(H,19,21). The lowest BCUT2D eigenvalue weighted by atomic mass is 10.3. The highest BCUT2D eigenvalue weighted by atomic mass is 19.2. The van der Waals surface area contributed by atoms with Gasteiger partial charge in [-0.25, -0.2) is 8.78 Å². The number of amides is 3. The number of ether oxygens (including phenoxy) is 1. The molecule has 1 rings (SSSR count). The maximum atomic E-state index is 13.0. The Morgan fingerprint density at radius 1 is 1.04 bits per heavy atom. The van der Waals surface area contributed by atoms with E-state index < -0.39 is 23.4 Å². The number of carbonyl (C=O) groups is 3. The number of hydrogen-bond acceptors (Lipinski definition) is 4. The third-order valence-corrected chi connectivity index (χ3v) is 2.60. The summed E-state index contributed by atoms with van der Waals surface area (Å²) in [6, 6.07) is 2.91. The van der Waals surface area contributed by atoms with Crippen molar-refractivity contribution >= 4 is 23.4 Å². The second kappa shape index (κ2) is 9.46. The number of anilines is 1. The van der Waals surface area contributed by atoms with E-state index >= 15 is 0 Å². The maximum Gasteiger partial charge on any atom is 0.245 e. The highest BCUT2D eigenvalue weighted by Gasteiger charge is 2.08. The minimum absolute atomic E-state index is 0.00604. The molecule has 0 saturated heterocycles. The smallest absolute Gasteiger partial charge is 0.245 e. The number of benzene rings is 1. The van der Waals surface area contributed by atoms with E-state index in [0.29, 0.717) is 0 Å². The summed E-state index contributed by atoms with van der Waals surface area (Å²) in [7, 11) is 1.37. The molecule has 23 heavy (non-hydrogen) atoms. The molecule has 0 aliphatic carbocycles. The van der Waals surface area contributed by atoms with E-state index in [9.17, 15) is 23.2 Å². The molecule has 0 fully saturated rings. The normalized spacial score (nSPS) is 10.0. The van der Waals surface area contributed by atoms with Gasteiger partial charge in [0, 0.05) is 31.8 Å². The lowest BCUT2D eigenvalue weighted by Gasteiger charge is -2.08. The fraction of sp³-hybridized carbons (Fsp3) is 0.357. The van der Waals surface area contributed by atoms with Crippen LogP contribution in [0.25, 0.3) is 0 Å². The molecule has 0 aliphatic heterocycles. The summed E-state index contributed by atoms with van der Waals surface area (Å²) >= 11 is 0. The molecule has 126 valence electrons. The van der Waals surface area contributed by atoms with Crippen LogP contribution in [0.5, 0.6) is 0 Å². The first-order valence-corrected chi connectivity index (χ1v) is 6.69. The second-order valence-electron chi connectivity index (χ2n) is 4.49. The Morgan fingerprint density at radius 3 is 2.43 bits per heavy atom. The maximum absolute atomic E-state index is 13.0. The number of nitrogens with one attached hydrogen (secondary N) is 3. The molecule has 9 heteroatoms. The van der Waals surface area contributed by atoms with Crippen molar-refractivity contribution in [2.45, 2.75) is 6.42 Å². The number of carbonyl (C=O) groups excluding carboxylic acids is 3. The van der Waals surface area contributed by atoms with Crippen molar-refractivity contribution in [1.29, 1.82) is 0 Å². The number of hydrogen-bond donors (Lipinski definition) is 3. The van der Waals surface area contributed by atoms with Crippen LogP contribution >= 0.6 is 0 Å². The van der Waals surface area contributed by atoms with Crippen LogP contribution in [-0.2, 0) is 19.1 Å². The van der Waals surface area contributed by atoms with E-state index in [-0.39, 0.29) is 37.7 Å². The first-order chi connectivity index (χ1) is 10.9. The molecular weight excluding hydrogens is 312 g/mol. The summed E-state index contributed by atoms with van der Waals surface area (Å²) in [5.41, 5.74) is 0.0787. The zero-order valence-corrected chi connectivity index (χ0v) is 12.4. The zero-order chi connectivity index (χ0) is 17.2. The third kappa shape index (κ3) is 7.32. The number of rotatable bonds is 8. The lowest BCUT2D eigenvalue weighted by molar-refractivity contribution is -0.126. The molecule has 0 atom stereocenters. The van der Waals surface area contributed by atoms with E-state index in [1.54, 1.807) is 0 Å². The molecule has 0 unspecified atom stereocenters. The Balaban J connectivity index is 2.25. The van der Waals surface area contributed by atoms with Crippen LogP contribution in [-0.4, -0.2) is 44.5 Å². The molecular formula is C14H17F2N3O4. The molecule has 0 saturated carbocycles. The molecule has 0 heterocycles. The fourth-order valence-electron chi connectivity index (χ4n) is 1.54. The van der Waals surface area contributed by atoms with E-state index in [4.69, 9.17) is 0 Å². The Hall–Kier alpha value is -2.55. The summed E-state index contributed by atoms with van der Waals surface area (Å²) < 4.78 is 30.3. The second-order valence-corrected chi connectivity index (χ2v) is 4.49. The van der Waals surface area contributed by atoms with Gasteiger partial charge in [-0.3, -0.25) is 14.4 Å². The molecule has 0 spiro atoms. The molecule has 1 aromatic carbocycles. The van der Waals surface area contributed by atoms with Crippen molar-refractivity contribution in [2.75, 3.05) is 32.1 Å². The SMILES string of the molecule is COCC(=O)NCCC(=O)NCC(=O)Nc1ccc(F)c(F)c1.